The number of nitrogens with two attached hydrogens (primary N) is 2. The van der Waals surface area contributed by atoms with Gasteiger partial charge in [-0.2, -0.15) is 0 Å². The van der Waals surface area contributed by atoms with Gasteiger partial charge in [0.05, 0.1) is 11.4 Å². The van der Waals surface area contributed by atoms with Gasteiger partial charge >= 0.3 is 0 Å². The predicted octanol–water partition coefficient (Wildman–Crippen LogP) is 0.628. The van der Waals surface area contributed by atoms with Gasteiger partial charge in [0.25, 0.3) is 0 Å². The second-order valence-electron chi connectivity index (χ2n) is 4.72. The molecule has 0 aromatic carbocycles. The second-order valence-corrected chi connectivity index (χ2v) is 5.63. The van der Waals surface area contributed by atoms with Crippen LogP contribution in [0.5, 0.6) is 0 Å². The third kappa shape index (κ3) is 11.3. The molecule has 3 radical (unpaired) electrons. The number of rotatable bonds is 4. The fourth-order valence-corrected chi connectivity index (χ4v) is 1.60. The number of nitrogens with zero attached hydrogens (tertiary/aromatic N) is 6. The summed E-state index contributed by atoms with van der Waals surface area (Å²) in [4.78, 5) is 8.18. The van der Waals surface area contributed by atoms with Crippen molar-refractivity contribution in [2.24, 2.45) is 21.7 Å². The van der Waals surface area contributed by atoms with E-state index in [9.17, 15) is 0 Å². The summed E-state index contributed by atoms with van der Waals surface area (Å²) in [6, 6.07) is 11.1. The zero-order chi connectivity index (χ0) is 19.4. The van der Waals surface area contributed by atoms with Crippen molar-refractivity contribution < 1.29 is 0 Å². The summed E-state index contributed by atoms with van der Waals surface area (Å²) >= 11 is 7.57. The molecule has 0 spiro atoms. The van der Waals surface area contributed by atoms with Crippen LogP contribution in [0.1, 0.15) is 25.2 Å². The minimum atomic E-state index is 0. The smallest absolute Gasteiger partial charge is 0.183 e. The second kappa shape index (κ2) is 14.1. The summed E-state index contributed by atoms with van der Waals surface area (Å²) in [6.07, 6.45) is 3.39. The molecular formula is C16H20GaN8S2. The van der Waals surface area contributed by atoms with Gasteiger partial charge < -0.3 is 21.1 Å². The van der Waals surface area contributed by atoms with Gasteiger partial charge in [0, 0.05) is 43.6 Å². The van der Waals surface area contributed by atoms with Crippen molar-refractivity contribution in [3.05, 3.63) is 71.0 Å². The zero-order valence-electron chi connectivity index (χ0n) is 14.9. The van der Waals surface area contributed by atoms with Crippen LogP contribution in [-0.4, -0.2) is 51.4 Å². The fourth-order valence-electron chi connectivity index (χ4n) is 1.51. The van der Waals surface area contributed by atoms with Gasteiger partial charge in [-0.3, -0.25) is 21.4 Å². The number of aromatic nitrogens is 2. The third-order valence-electron chi connectivity index (χ3n) is 2.68. The molecule has 0 aliphatic heterocycles. The first-order valence-electron chi connectivity index (χ1n) is 7.36. The Labute approximate surface area is 182 Å². The van der Waals surface area contributed by atoms with Crippen molar-refractivity contribution in [2.75, 3.05) is 0 Å². The molecule has 8 nitrogen and oxygen atoms in total. The van der Waals surface area contributed by atoms with Crippen LogP contribution in [-0.2, 0) is 24.4 Å². The van der Waals surface area contributed by atoms with Crippen molar-refractivity contribution in [3.63, 3.8) is 0 Å². The Hall–Kier alpha value is -2.02. The molecule has 0 aliphatic carbocycles. The molecule has 2 rings (SSSR count). The molecule has 27 heavy (non-hydrogen) atoms. The Balaban J connectivity index is 0.000000483. The average molecular weight is 458 g/mol. The minimum absolute atomic E-state index is 0. The zero-order valence-corrected chi connectivity index (χ0v) is 19.1. The van der Waals surface area contributed by atoms with Crippen molar-refractivity contribution in [3.8, 4) is 0 Å². The quantitative estimate of drug-likeness (QED) is 0.174. The first kappa shape index (κ1) is 25.0. The maximum absolute atomic E-state index is 5.21. The summed E-state index contributed by atoms with van der Waals surface area (Å²) in [5.41, 5.74) is 20.6. The van der Waals surface area contributed by atoms with E-state index in [4.69, 9.17) is 11.5 Å². The van der Waals surface area contributed by atoms with E-state index in [-0.39, 0.29) is 30.0 Å². The van der Waals surface area contributed by atoms with Gasteiger partial charge in [0.15, 0.2) is 34.7 Å². The number of pyridine rings is 2. The summed E-state index contributed by atoms with van der Waals surface area (Å²) < 4.78 is 0. The summed E-state index contributed by atoms with van der Waals surface area (Å²) in [5.74, 6) is 0. The van der Waals surface area contributed by atoms with E-state index in [0.29, 0.717) is 11.4 Å². The molecule has 0 unspecified atom stereocenters. The molecule has 0 bridgehead atoms. The van der Waals surface area contributed by atoms with Gasteiger partial charge in [-0.25, -0.2) is 0 Å². The molecule has 0 saturated carbocycles. The van der Waals surface area contributed by atoms with E-state index in [1.54, 1.807) is 12.4 Å². The molecule has 2 aromatic rings. The fraction of sp³-hybridized carbons (Fsp3) is 0.125. The Bertz CT molecular complexity index is 714. The Morgan fingerprint density at radius 3 is 1.44 bits per heavy atom. The van der Waals surface area contributed by atoms with Gasteiger partial charge in [-0.05, 0) is 38.1 Å². The number of thiol groups is 2. The first-order chi connectivity index (χ1) is 12.4. The van der Waals surface area contributed by atoms with Crippen LogP contribution in [0.3, 0.4) is 0 Å². The van der Waals surface area contributed by atoms with E-state index in [1.165, 1.54) is 0 Å². The maximum Gasteiger partial charge on any atom is 0.183 e. The van der Waals surface area contributed by atoms with Gasteiger partial charge in [-0.15, -0.1) is 0 Å². The molecule has 4 N–H and O–H groups in total. The molecule has 0 saturated heterocycles. The van der Waals surface area contributed by atoms with Crippen LogP contribution < -0.4 is 11.5 Å². The van der Waals surface area contributed by atoms with Crippen LogP contribution in [0.15, 0.2) is 59.0 Å². The van der Waals surface area contributed by atoms with E-state index < -0.39 is 0 Å². The maximum atomic E-state index is 5.21. The molecule has 0 amide bonds. The topological polar surface area (TPSA) is 131 Å². The Morgan fingerprint density at radius 1 is 0.815 bits per heavy atom. The SMILES string of the molecule is C/C(=N\[N-]C(N)=[SH+])c1ccccn1.C/C(=N\[N-]C(N)=[SH+])c1ccccn1.[Ga]. The molecular weight excluding hydrogens is 438 g/mol. The number of hydrogen-bond donors (Lipinski definition) is 2. The summed E-state index contributed by atoms with van der Waals surface area (Å²) in [7, 11) is 0. The molecule has 0 atom stereocenters. The monoisotopic (exact) mass is 457 g/mol. The minimum Gasteiger partial charge on any atom is -0.515 e. The summed E-state index contributed by atoms with van der Waals surface area (Å²) in [5, 5.41) is 7.94. The molecule has 2 aromatic heterocycles. The normalized spacial score (nSPS) is 10.7. The largest absolute Gasteiger partial charge is 0.515 e. The molecule has 0 aliphatic rings. The van der Waals surface area contributed by atoms with E-state index in [1.807, 2.05) is 50.2 Å². The van der Waals surface area contributed by atoms with Crippen molar-refractivity contribution in [1.29, 1.82) is 0 Å². The van der Waals surface area contributed by atoms with Crippen molar-refractivity contribution >= 4 is 65.9 Å². The van der Waals surface area contributed by atoms with E-state index in [2.05, 4.69) is 55.5 Å². The van der Waals surface area contributed by atoms with Gasteiger partial charge in [-0.1, -0.05) is 12.1 Å². The van der Waals surface area contributed by atoms with Crippen LogP contribution >= 0.6 is 0 Å². The van der Waals surface area contributed by atoms with E-state index >= 15 is 0 Å². The van der Waals surface area contributed by atoms with Crippen LogP contribution in [0.4, 0.5) is 0 Å². The first-order valence-corrected chi connectivity index (χ1v) is 8.25. The molecule has 2 heterocycles. The van der Waals surface area contributed by atoms with Crippen LogP contribution in [0, 0.1) is 0 Å². The van der Waals surface area contributed by atoms with Gasteiger partial charge in [0.2, 0.25) is 0 Å². The summed E-state index contributed by atoms with van der Waals surface area (Å²) in [6.45, 7) is 3.62. The third-order valence-corrected chi connectivity index (χ3v) is 2.85. The molecule has 139 valence electrons. The van der Waals surface area contributed by atoms with Crippen molar-refractivity contribution in [2.45, 2.75) is 13.8 Å². The van der Waals surface area contributed by atoms with Crippen molar-refractivity contribution in [1.82, 2.24) is 9.97 Å². The predicted molar refractivity (Wildman–Crippen MR) is 121 cm³/mol. The molecule has 11 heteroatoms. The van der Waals surface area contributed by atoms with E-state index in [0.717, 1.165) is 11.4 Å². The standard InChI is InChI=1S/2C8H10N4S.Ga/c2*1-6(11-12-8(9)13)7-4-2-3-5-10-7;/h2*2-5H,1H3,(H3,9,10,12,13);. The average Bonchev–Trinajstić information content (AvgIpc) is 2.66. The van der Waals surface area contributed by atoms with Crippen LogP contribution in [0.2, 0.25) is 0 Å². The Morgan fingerprint density at radius 2 is 1.19 bits per heavy atom. The number of hydrogen-bond acceptors (Lipinski definition) is 4. The van der Waals surface area contributed by atoms with Crippen LogP contribution in [0.25, 0.3) is 10.9 Å². The Kier molecular flexibility index (Phi) is 13.0. The molecule has 0 fully saturated rings. The van der Waals surface area contributed by atoms with Gasteiger partial charge in [0.1, 0.15) is 0 Å².